The van der Waals surface area contributed by atoms with Crippen LogP contribution in [0.3, 0.4) is 0 Å². The first-order valence-corrected chi connectivity index (χ1v) is 5.94. The predicted octanol–water partition coefficient (Wildman–Crippen LogP) is 2.40. The van der Waals surface area contributed by atoms with E-state index in [-0.39, 0.29) is 5.91 Å². The molecule has 1 atom stereocenters. The molecule has 0 bridgehead atoms. The van der Waals surface area contributed by atoms with Crippen LogP contribution in [0.1, 0.15) is 5.56 Å². The van der Waals surface area contributed by atoms with Gasteiger partial charge in [-0.25, -0.2) is 0 Å². The smallest absolute Gasteiger partial charge is 0.242 e. The van der Waals surface area contributed by atoms with Gasteiger partial charge in [0.05, 0.1) is 6.07 Å². The lowest BCUT2D eigenvalue weighted by molar-refractivity contribution is -0.118. The van der Waals surface area contributed by atoms with Crippen LogP contribution in [0.2, 0.25) is 0 Å². The maximum absolute atomic E-state index is 12.0. The summed E-state index contributed by atoms with van der Waals surface area (Å²) in [5.74, 6) is -1.01. The molecule has 1 aromatic carbocycles. The van der Waals surface area contributed by atoms with Crippen LogP contribution in [-0.4, -0.2) is 10.9 Å². The second kappa shape index (κ2) is 6.31. The Morgan fingerprint density at radius 1 is 1.26 bits per heavy atom. The van der Waals surface area contributed by atoms with E-state index in [1.54, 1.807) is 30.6 Å². The van der Waals surface area contributed by atoms with Crippen molar-refractivity contribution >= 4 is 11.6 Å². The number of amides is 1. The van der Waals surface area contributed by atoms with Crippen LogP contribution in [0.25, 0.3) is 0 Å². The Morgan fingerprint density at radius 3 is 2.68 bits per heavy atom. The number of aromatic nitrogens is 1. The Morgan fingerprint density at radius 2 is 2.05 bits per heavy atom. The van der Waals surface area contributed by atoms with Gasteiger partial charge in [-0.05, 0) is 30.2 Å². The quantitative estimate of drug-likeness (QED) is 0.907. The monoisotopic (exact) mass is 251 g/mol. The van der Waals surface area contributed by atoms with Crippen molar-refractivity contribution in [2.75, 3.05) is 5.32 Å². The predicted molar refractivity (Wildman–Crippen MR) is 72.1 cm³/mol. The first-order valence-electron chi connectivity index (χ1n) is 5.94. The number of benzene rings is 1. The Kier molecular flexibility index (Phi) is 4.25. The number of carbonyl (C=O) groups excluding carboxylic acids is 1. The van der Waals surface area contributed by atoms with Gasteiger partial charge in [0.1, 0.15) is 5.92 Å². The highest BCUT2D eigenvalue weighted by atomic mass is 16.1. The molecule has 1 heterocycles. The van der Waals surface area contributed by atoms with Gasteiger partial charge in [0.2, 0.25) is 5.91 Å². The number of nitrogens with zero attached hydrogens (tertiary/aromatic N) is 2. The second-order valence-electron chi connectivity index (χ2n) is 4.10. The molecule has 1 N–H and O–H groups in total. The molecule has 4 heteroatoms. The molecule has 0 aliphatic rings. The molecular weight excluding hydrogens is 238 g/mol. The summed E-state index contributed by atoms with van der Waals surface area (Å²) < 4.78 is 0. The van der Waals surface area contributed by atoms with Gasteiger partial charge in [0.25, 0.3) is 0 Å². The summed E-state index contributed by atoms with van der Waals surface area (Å²) in [5.41, 5.74) is 1.57. The summed E-state index contributed by atoms with van der Waals surface area (Å²) in [5, 5.41) is 11.8. The molecule has 19 heavy (non-hydrogen) atoms. The molecule has 0 radical (unpaired) electrons. The SMILES string of the molecule is N#C[C@@H](Cc1cccnc1)C(=O)Nc1ccccc1. The Bertz CT molecular complexity index is 575. The van der Waals surface area contributed by atoms with E-state index in [2.05, 4.69) is 10.3 Å². The fourth-order valence-electron chi connectivity index (χ4n) is 1.70. The van der Waals surface area contributed by atoms with Gasteiger partial charge in [0, 0.05) is 18.1 Å². The zero-order chi connectivity index (χ0) is 13.5. The van der Waals surface area contributed by atoms with Crippen LogP contribution < -0.4 is 5.32 Å². The zero-order valence-electron chi connectivity index (χ0n) is 10.3. The van der Waals surface area contributed by atoms with Crippen LogP contribution >= 0.6 is 0 Å². The topological polar surface area (TPSA) is 65.8 Å². The van der Waals surface area contributed by atoms with E-state index in [9.17, 15) is 4.79 Å². The third kappa shape index (κ3) is 3.65. The summed E-state index contributed by atoms with van der Waals surface area (Å²) in [4.78, 5) is 16.0. The molecule has 2 aromatic rings. The number of nitriles is 1. The van der Waals surface area contributed by atoms with Crippen LogP contribution in [0, 0.1) is 17.2 Å². The molecule has 94 valence electrons. The average molecular weight is 251 g/mol. The molecule has 0 spiro atoms. The number of carbonyl (C=O) groups is 1. The summed E-state index contributed by atoms with van der Waals surface area (Å²) in [6.07, 6.45) is 3.69. The largest absolute Gasteiger partial charge is 0.325 e. The van der Waals surface area contributed by atoms with E-state index >= 15 is 0 Å². The van der Waals surface area contributed by atoms with Gasteiger partial charge >= 0.3 is 0 Å². The maximum Gasteiger partial charge on any atom is 0.242 e. The molecular formula is C15H13N3O. The van der Waals surface area contributed by atoms with E-state index in [1.807, 2.05) is 30.3 Å². The van der Waals surface area contributed by atoms with Crippen LogP contribution in [-0.2, 0) is 11.2 Å². The van der Waals surface area contributed by atoms with Crippen molar-refractivity contribution in [1.29, 1.82) is 5.26 Å². The summed E-state index contributed by atoms with van der Waals surface area (Å²) in [7, 11) is 0. The minimum Gasteiger partial charge on any atom is -0.325 e. The van der Waals surface area contributed by atoms with Crippen molar-refractivity contribution in [3.05, 3.63) is 60.4 Å². The number of para-hydroxylation sites is 1. The van der Waals surface area contributed by atoms with Crippen molar-refractivity contribution in [2.24, 2.45) is 5.92 Å². The zero-order valence-corrected chi connectivity index (χ0v) is 10.3. The Hall–Kier alpha value is -2.67. The Labute approximate surface area is 111 Å². The third-order valence-corrected chi connectivity index (χ3v) is 2.68. The fourth-order valence-corrected chi connectivity index (χ4v) is 1.70. The lowest BCUT2D eigenvalue weighted by Crippen LogP contribution is -2.23. The highest BCUT2D eigenvalue weighted by Gasteiger charge is 2.18. The lowest BCUT2D eigenvalue weighted by atomic mass is 10.0. The second-order valence-corrected chi connectivity index (χ2v) is 4.10. The summed E-state index contributed by atoms with van der Waals surface area (Å²) >= 11 is 0. The third-order valence-electron chi connectivity index (χ3n) is 2.68. The molecule has 0 saturated carbocycles. The number of nitrogens with one attached hydrogen (secondary N) is 1. The first-order chi connectivity index (χ1) is 9.29. The van der Waals surface area contributed by atoms with E-state index < -0.39 is 5.92 Å². The Balaban J connectivity index is 2.02. The summed E-state index contributed by atoms with van der Waals surface area (Å²) in [6.45, 7) is 0. The average Bonchev–Trinajstić information content (AvgIpc) is 2.47. The van der Waals surface area contributed by atoms with Gasteiger partial charge < -0.3 is 5.32 Å². The molecule has 4 nitrogen and oxygen atoms in total. The fraction of sp³-hybridized carbons (Fsp3) is 0.133. The van der Waals surface area contributed by atoms with Gasteiger partial charge in [-0.2, -0.15) is 5.26 Å². The van der Waals surface area contributed by atoms with Gasteiger partial charge in [-0.1, -0.05) is 24.3 Å². The number of pyridine rings is 1. The van der Waals surface area contributed by atoms with E-state index in [0.717, 1.165) is 5.56 Å². The first kappa shape index (κ1) is 12.8. The lowest BCUT2D eigenvalue weighted by Gasteiger charge is -2.10. The molecule has 0 aliphatic heterocycles. The molecule has 0 saturated heterocycles. The van der Waals surface area contributed by atoms with Crippen molar-refractivity contribution < 1.29 is 4.79 Å². The van der Waals surface area contributed by atoms with E-state index in [0.29, 0.717) is 12.1 Å². The normalized spacial score (nSPS) is 11.3. The van der Waals surface area contributed by atoms with Gasteiger partial charge in [-0.3, -0.25) is 9.78 Å². The maximum atomic E-state index is 12.0. The molecule has 1 aromatic heterocycles. The number of anilines is 1. The number of rotatable bonds is 4. The van der Waals surface area contributed by atoms with Crippen LogP contribution in [0.4, 0.5) is 5.69 Å². The minimum absolute atomic E-state index is 0.294. The van der Waals surface area contributed by atoms with Gasteiger partial charge in [0.15, 0.2) is 0 Å². The standard InChI is InChI=1S/C15H13N3O/c16-10-13(9-12-5-4-8-17-11-12)15(19)18-14-6-2-1-3-7-14/h1-8,11,13H,9H2,(H,18,19)/t13-/m1/s1. The molecule has 0 aliphatic carbocycles. The number of hydrogen-bond donors (Lipinski definition) is 1. The highest BCUT2D eigenvalue weighted by Crippen LogP contribution is 2.11. The van der Waals surface area contributed by atoms with Crippen molar-refractivity contribution in [3.63, 3.8) is 0 Å². The van der Waals surface area contributed by atoms with Crippen molar-refractivity contribution in [1.82, 2.24) is 4.98 Å². The van der Waals surface area contributed by atoms with Crippen molar-refractivity contribution in [3.8, 4) is 6.07 Å². The van der Waals surface area contributed by atoms with Crippen molar-refractivity contribution in [2.45, 2.75) is 6.42 Å². The molecule has 0 fully saturated rings. The van der Waals surface area contributed by atoms with Gasteiger partial charge in [-0.15, -0.1) is 0 Å². The number of hydrogen-bond acceptors (Lipinski definition) is 3. The molecule has 2 rings (SSSR count). The molecule has 1 amide bonds. The summed E-state index contributed by atoms with van der Waals surface area (Å²) in [6, 6.07) is 14.8. The van der Waals surface area contributed by atoms with E-state index in [4.69, 9.17) is 5.26 Å². The van der Waals surface area contributed by atoms with Crippen LogP contribution in [0.5, 0.6) is 0 Å². The molecule has 0 unspecified atom stereocenters. The minimum atomic E-state index is -0.718. The van der Waals surface area contributed by atoms with Crippen LogP contribution in [0.15, 0.2) is 54.9 Å². The highest BCUT2D eigenvalue weighted by molar-refractivity contribution is 5.94. The van der Waals surface area contributed by atoms with E-state index in [1.165, 1.54) is 0 Å².